The van der Waals surface area contributed by atoms with Gasteiger partial charge in [0, 0.05) is 11.6 Å². The van der Waals surface area contributed by atoms with Crippen molar-refractivity contribution in [3.8, 4) is 0 Å². The van der Waals surface area contributed by atoms with E-state index in [1.54, 1.807) is 0 Å². The predicted molar refractivity (Wildman–Crippen MR) is 67.3 cm³/mol. The number of hydrogen-bond donors (Lipinski definition) is 1. The molecular formula is C14H23N. The molecule has 0 bridgehead atoms. The molecular weight excluding hydrogens is 182 g/mol. The van der Waals surface area contributed by atoms with E-state index in [4.69, 9.17) is 5.73 Å². The maximum atomic E-state index is 5.69. The van der Waals surface area contributed by atoms with Gasteiger partial charge in [-0.3, -0.25) is 0 Å². The minimum absolute atomic E-state index is 0.574. The van der Waals surface area contributed by atoms with Crippen molar-refractivity contribution in [3.63, 3.8) is 0 Å². The molecule has 0 aromatic heterocycles. The summed E-state index contributed by atoms with van der Waals surface area (Å²) in [6, 6.07) is 0. The number of nitrogens with two attached hydrogens (primary N) is 1. The first-order chi connectivity index (χ1) is 7.09. The molecule has 1 aliphatic carbocycles. The minimum Gasteiger partial charge on any atom is -0.399 e. The molecule has 0 heterocycles. The number of hydrogen-bond acceptors (Lipinski definition) is 1. The van der Waals surface area contributed by atoms with Gasteiger partial charge >= 0.3 is 0 Å². The largest absolute Gasteiger partial charge is 0.399 e. The average Bonchev–Trinajstić information content (AvgIpc) is 2.18. The van der Waals surface area contributed by atoms with E-state index in [0.29, 0.717) is 5.92 Å². The van der Waals surface area contributed by atoms with Crippen molar-refractivity contribution < 1.29 is 0 Å². The SMILES string of the molecule is C/C(=C\CCC(C)C)C1C=CC(N)=CC1. The normalized spacial score (nSPS) is 22.0. The van der Waals surface area contributed by atoms with Crippen molar-refractivity contribution >= 4 is 0 Å². The molecule has 0 aromatic rings. The van der Waals surface area contributed by atoms with E-state index < -0.39 is 0 Å². The molecule has 1 heteroatoms. The molecule has 0 amide bonds. The first kappa shape index (κ1) is 12.1. The van der Waals surface area contributed by atoms with Crippen LogP contribution in [0.15, 0.2) is 35.6 Å². The van der Waals surface area contributed by atoms with Gasteiger partial charge in [0.25, 0.3) is 0 Å². The van der Waals surface area contributed by atoms with Gasteiger partial charge in [-0.1, -0.05) is 37.6 Å². The molecule has 84 valence electrons. The van der Waals surface area contributed by atoms with Crippen LogP contribution in [0.25, 0.3) is 0 Å². The Morgan fingerprint density at radius 3 is 2.87 bits per heavy atom. The van der Waals surface area contributed by atoms with Gasteiger partial charge in [0.15, 0.2) is 0 Å². The lowest BCUT2D eigenvalue weighted by Crippen LogP contribution is -2.05. The summed E-state index contributed by atoms with van der Waals surface area (Å²) < 4.78 is 0. The third kappa shape index (κ3) is 4.37. The highest BCUT2D eigenvalue weighted by molar-refractivity contribution is 5.25. The molecule has 0 spiro atoms. The highest BCUT2D eigenvalue weighted by Gasteiger charge is 2.08. The molecule has 0 fully saturated rings. The fourth-order valence-electron chi connectivity index (χ4n) is 1.77. The van der Waals surface area contributed by atoms with Gasteiger partial charge in [0.2, 0.25) is 0 Å². The first-order valence-corrected chi connectivity index (χ1v) is 5.90. The maximum Gasteiger partial charge on any atom is 0.0270 e. The number of allylic oxidation sites excluding steroid dienone is 5. The second-order valence-electron chi connectivity index (χ2n) is 4.82. The summed E-state index contributed by atoms with van der Waals surface area (Å²) in [5, 5.41) is 0. The molecule has 0 saturated heterocycles. The lowest BCUT2D eigenvalue weighted by Gasteiger charge is -2.15. The van der Waals surface area contributed by atoms with Gasteiger partial charge in [0.1, 0.15) is 0 Å². The second kappa shape index (κ2) is 5.79. The summed E-state index contributed by atoms with van der Waals surface area (Å²) in [4.78, 5) is 0. The molecule has 0 aliphatic heterocycles. The first-order valence-electron chi connectivity index (χ1n) is 5.90. The van der Waals surface area contributed by atoms with E-state index in [9.17, 15) is 0 Å². The highest BCUT2D eigenvalue weighted by atomic mass is 14.6. The Labute approximate surface area is 93.7 Å². The van der Waals surface area contributed by atoms with Crippen molar-refractivity contribution in [3.05, 3.63) is 35.6 Å². The Morgan fingerprint density at radius 2 is 2.33 bits per heavy atom. The van der Waals surface area contributed by atoms with Crippen molar-refractivity contribution in [2.75, 3.05) is 0 Å². The van der Waals surface area contributed by atoms with Crippen LogP contribution in [0, 0.1) is 11.8 Å². The molecule has 1 atom stereocenters. The standard InChI is InChI=1S/C14H23N/c1-11(2)5-4-6-12(3)13-7-9-14(15)10-8-13/h6-7,9-11,13H,4-5,8,15H2,1-3H3/b12-6+. The molecule has 1 nitrogen and oxygen atoms in total. The van der Waals surface area contributed by atoms with E-state index >= 15 is 0 Å². The van der Waals surface area contributed by atoms with Crippen LogP contribution in [0.4, 0.5) is 0 Å². The molecule has 0 radical (unpaired) electrons. The Balaban J connectivity index is 2.41. The third-order valence-corrected chi connectivity index (χ3v) is 2.92. The summed E-state index contributed by atoms with van der Waals surface area (Å²) >= 11 is 0. The molecule has 0 saturated carbocycles. The van der Waals surface area contributed by atoms with Crippen LogP contribution in [0.1, 0.15) is 40.0 Å². The van der Waals surface area contributed by atoms with E-state index in [2.05, 4.69) is 39.0 Å². The van der Waals surface area contributed by atoms with Crippen molar-refractivity contribution in [1.29, 1.82) is 0 Å². The second-order valence-corrected chi connectivity index (χ2v) is 4.82. The quantitative estimate of drug-likeness (QED) is 0.694. The van der Waals surface area contributed by atoms with Crippen molar-refractivity contribution in [1.82, 2.24) is 0 Å². The summed E-state index contributed by atoms with van der Waals surface area (Å²) in [5.74, 6) is 1.37. The van der Waals surface area contributed by atoms with Crippen LogP contribution in [0.3, 0.4) is 0 Å². The lowest BCUT2D eigenvalue weighted by molar-refractivity contribution is 0.590. The van der Waals surface area contributed by atoms with Gasteiger partial charge in [-0.05, 0) is 38.2 Å². The van der Waals surface area contributed by atoms with Gasteiger partial charge in [-0.15, -0.1) is 0 Å². The van der Waals surface area contributed by atoms with E-state index in [1.807, 2.05) is 6.08 Å². The van der Waals surface area contributed by atoms with Crippen molar-refractivity contribution in [2.24, 2.45) is 17.6 Å². The fourth-order valence-corrected chi connectivity index (χ4v) is 1.77. The molecule has 1 aliphatic rings. The monoisotopic (exact) mass is 205 g/mol. The van der Waals surface area contributed by atoms with E-state index in [0.717, 1.165) is 18.0 Å². The molecule has 1 rings (SSSR count). The zero-order valence-electron chi connectivity index (χ0n) is 10.2. The highest BCUT2D eigenvalue weighted by Crippen LogP contribution is 2.22. The molecule has 1 unspecified atom stereocenters. The van der Waals surface area contributed by atoms with Crippen LogP contribution in [-0.2, 0) is 0 Å². The van der Waals surface area contributed by atoms with E-state index in [1.165, 1.54) is 18.4 Å². The zero-order valence-corrected chi connectivity index (χ0v) is 10.2. The van der Waals surface area contributed by atoms with Crippen LogP contribution >= 0.6 is 0 Å². The molecule has 0 aromatic carbocycles. The lowest BCUT2D eigenvalue weighted by atomic mass is 9.91. The Morgan fingerprint density at radius 1 is 1.60 bits per heavy atom. The Kier molecular flexibility index (Phi) is 4.67. The van der Waals surface area contributed by atoms with Gasteiger partial charge in [0.05, 0.1) is 0 Å². The van der Waals surface area contributed by atoms with Crippen LogP contribution in [-0.4, -0.2) is 0 Å². The van der Waals surface area contributed by atoms with Gasteiger partial charge in [-0.2, -0.15) is 0 Å². The Hall–Kier alpha value is -0.980. The van der Waals surface area contributed by atoms with Crippen LogP contribution in [0.2, 0.25) is 0 Å². The van der Waals surface area contributed by atoms with Crippen molar-refractivity contribution in [2.45, 2.75) is 40.0 Å². The third-order valence-electron chi connectivity index (χ3n) is 2.92. The smallest absolute Gasteiger partial charge is 0.0270 e. The summed E-state index contributed by atoms with van der Waals surface area (Å²) in [6.45, 7) is 6.77. The maximum absolute atomic E-state index is 5.69. The van der Waals surface area contributed by atoms with Crippen LogP contribution in [0.5, 0.6) is 0 Å². The zero-order chi connectivity index (χ0) is 11.3. The molecule has 15 heavy (non-hydrogen) atoms. The average molecular weight is 205 g/mol. The number of rotatable bonds is 4. The fraction of sp³-hybridized carbons (Fsp3) is 0.571. The summed E-state index contributed by atoms with van der Waals surface area (Å²) in [5.41, 5.74) is 8.08. The molecule has 2 N–H and O–H groups in total. The van der Waals surface area contributed by atoms with Gasteiger partial charge in [-0.25, -0.2) is 0 Å². The van der Waals surface area contributed by atoms with Gasteiger partial charge < -0.3 is 5.73 Å². The summed E-state index contributed by atoms with van der Waals surface area (Å²) in [6.07, 6.45) is 12.3. The van der Waals surface area contributed by atoms with E-state index in [-0.39, 0.29) is 0 Å². The minimum atomic E-state index is 0.574. The summed E-state index contributed by atoms with van der Waals surface area (Å²) in [7, 11) is 0. The topological polar surface area (TPSA) is 26.0 Å². The van der Waals surface area contributed by atoms with Crippen LogP contribution < -0.4 is 5.73 Å². The predicted octanol–water partition coefficient (Wildman–Crippen LogP) is 3.79. The Bertz CT molecular complexity index is 282.